The van der Waals surface area contributed by atoms with Crippen LogP contribution in [0.3, 0.4) is 0 Å². The van der Waals surface area contributed by atoms with Gasteiger partial charge in [0, 0.05) is 6.04 Å². The normalized spacial score (nSPS) is 15.6. The lowest BCUT2D eigenvalue weighted by molar-refractivity contribution is -0.170. The van der Waals surface area contributed by atoms with Crippen molar-refractivity contribution in [2.45, 2.75) is 31.5 Å². The van der Waals surface area contributed by atoms with E-state index < -0.39 is 18.6 Å². The number of ether oxygens (including phenoxy) is 1. The van der Waals surface area contributed by atoms with Crippen molar-refractivity contribution in [2.75, 3.05) is 13.2 Å². The maximum absolute atomic E-state index is 12.5. The highest BCUT2D eigenvalue weighted by molar-refractivity contribution is 5.78. The monoisotopic (exact) mass is 287 g/mol. The number of para-hydroxylation sites is 1. The maximum Gasteiger partial charge on any atom is 0.406 e. The Labute approximate surface area is 115 Å². The van der Waals surface area contributed by atoms with Crippen LogP contribution in [0.2, 0.25) is 0 Å². The molecular formula is C14H16F3NO2. The number of halogens is 3. The quantitative estimate of drug-likeness (QED) is 0.833. The van der Waals surface area contributed by atoms with Crippen LogP contribution in [0.1, 0.15) is 19.3 Å². The molecule has 1 aromatic rings. The Morgan fingerprint density at radius 2 is 1.90 bits per heavy atom. The Kier molecular flexibility index (Phi) is 4.52. The molecule has 1 aliphatic carbocycles. The lowest BCUT2D eigenvalue weighted by Crippen LogP contribution is -2.50. The molecule has 1 amide bonds. The zero-order chi connectivity index (χ0) is 14.6. The van der Waals surface area contributed by atoms with Gasteiger partial charge in [0.1, 0.15) is 12.3 Å². The van der Waals surface area contributed by atoms with Crippen LogP contribution in [-0.4, -0.2) is 36.2 Å². The fourth-order valence-corrected chi connectivity index (χ4v) is 2.06. The zero-order valence-electron chi connectivity index (χ0n) is 10.9. The SMILES string of the molecule is O=C(COc1ccccc1)N(CC(F)(F)F)C1CCC1. The molecule has 0 aliphatic heterocycles. The van der Waals surface area contributed by atoms with E-state index in [0.717, 1.165) is 11.3 Å². The highest BCUT2D eigenvalue weighted by atomic mass is 19.4. The first kappa shape index (κ1) is 14.7. The summed E-state index contributed by atoms with van der Waals surface area (Å²) in [6.07, 6.45) is -2.25. The van der Waals surface area contributed by atoms with Crippen molar-refractivity contribution < 1.29 is 22.7 Å². The minimum atomic E-state index is -4.38. The highest BCUT2D eigenvalue weighted by Crippen LogP contribution is 2.28. The largest absolute Gasteiger partial charge is 0.484 e. The van der Waals surface area contributed by atoms with E-state index in [-0.39, 0.29) is 12.6 Å². The molecule has 2 rings (SSSR count). The summed E-state index contributed by atoms with van der Waals surface area (Å²) < 4.78 is 42.8. The van der Waals surface area contributed by atoms with E-state index in [9.17, 15) is 18.0 Å². The van der Waals surface area contributed by atoms with Crippen LogP contribution in [-0.2, 0) is 4.79 Å². The Morgan fingerprint density at radius 1 is 1.25 bits per heavy atom. The summed E-state index contributed by atoms with van der Waals surface area (Å²) in [7, 11) is 0. The van der Waals surface area contributed by atoms with Crippen LogP contribution < -0.4 is 4.74 Å². The van der Waals surface area contributed by atoms with Crippen molar-refractivity contribution in [3.8, 4) is 5.75 Å². The summed E-state index contributed by atoms with van der Waals surface area (Å²) in [5, 5.41) is 0. The van der Waals surface area contributed by atoms with E-state index >= 15 is 0 Å². The van der Waals surface area contributed by atoms with Crippen molar-refractivity contribution >= 4 is 5.91 Å². The van der Waals surface area contributed by atoms with Crippen molar-refractivity contribution in [3.05, 3.63) is 30.3 Å². The van der Waals surface area contributed by atoms with Crippen LogP contribution >= 0.6 is 0 Å². The summed E-state index contributed by atoms with van der Waals surface area (Å²) in [4.78, 5) is 12.8. The number of alkyl halides is 3. The van der Waals surface area contributed by atoms with Gasteiger partial charge in [-0.1, -0.05) is 18.2 Å². The van der Waals surface area contributed by atoms with Gasteiger partial charge in [0.05, 0.1) is 0 Å². The van der Waals surface area contributed by atoms with Crippen molar-refractivity contribution in [3.63, 3.8) is 0 Å². The van der Waals surface area contributed by atoms with Crippen LogP contribution in [0.5, 0.6) is 5.75 Å². The number of carbonyl (C=O) groups excluding carboxylic acids is 1. The minimum absolute atomic E-state index is 0.302. The number of benzene rings is 1. The summed E-state index contributed by atoms with van der Waals surface area (Å²) in [5.41, 5.74) is 0. The van der Waals surface area contributed by atoms with Crippen LogP contribution in [0.15, 0.2) is 30.3 Å². The molecule has 1 fully saturated rings. The van der Waals surface area contributed by atoms with Gasteiger partial charge in [-0.15, -0.1) is 0 Å². The predicted octanol–water partition coefficient (Wildman–Crippen LogP) is 3.01. The Hall–Kier alpha value is -1.72. The molecule has 6 heteroatoms. The fourth-order valence-electron chi connectivity index (χ4n) is 2.06. The summed E-state index contributed by atoms with van der Waals surface area (Å²) in [6, 6.07) is 8.27. The van der Waals surface area contributed by atoms with Crippen molar-refractivity contribution in [1.29, 1.82) is 0 Å². The standard InChI is InChI=1S/C14H16F3NO2/c15-14(16,17)10-18(11-5-4-6-11)13(19)9-20-12-7-2-1-3-8-12/h1-3,7-8,11H,4-6,9-10H2. The van der Waals surface area contributed by atoms with Gasteiger partial charge < -0.3 is 9.64 Å². The van der Waals surface area contributed by atoms with E-state index in [0.29, 0.717) is 18.6 Å². The Bertz CT molecular complexity index is 443. The van der Waals surface area contributed by atoms with Gasteiger partial charge in [-0.2, -0.15) is 13.2 Å². The summed E-state index contributed by atoms with van der Waals surface area (Å²) >= 11 is 0. The van der Waals surface area contributed by atoms with Gasteiger partial charge in [-0.05, 0) is 31.4 Å². The van der Waals surface area contributed by atoms with Gasteiger partial charge in [-0.25, -0.2) is 0 Å². The summed E-state index contributed by atoms with van der Waals surface area (Å²) in [6.45, 7) is -1.56. The van der Waals surface area contributed by atoms with Crippen LogP contribution in [0, 0.1) is 0 Å². The van der Waals surface area contributed by atoms with E-state index in [2.05, 4.69) is 0 Å². The number of amides is 1. The average Bonchev–Trinajstić information content (AvgIpc) is 2.33. The molecule has 0 spiro atoms. The number of hydrogen-bond acceptors (Lipinski definition) is 2. The second-order valence-corrected chi connectivity index (χ2v) is 4.82. The van der Waals surface area contributed by atoms with Crippen molar-refractivity contribution in [1.82, 2.24) is 4.90 Å². The highest BCUT2D eigenvalue weighted by Gasteiger charge is 2.38. The number of hydrogen-bond donors (Lipinski definition) is 0. The van der Waals surface area contributed by atoms with Gasteiger partial charge >= 0.3 is 6.18 Å². The zero-order valence-corrected chi connectivity index (χ0v) is 10.9. The Balaban J connectivity index is 1.92. The molecule has 0 aromatic heterocycles. The molecule has 20 heavy (non-hydrogen) atoms. The van der Waals surface area contributed by atoms with Crippen LogP contribution in [0.25, 0.3) is 0 Å². The van der Waals surface area contributed by atoms with Gasteiger partial charge in [0.15, 0.2) is 6.61 Å². The molecule has 110 valence electrons. The third kappa shape index (κ3) is 4.15. The molecule has 1 aromatic carbocycles. The van der Waals surface area contributed by atoms with E-state index in [1.807, 2.05) is 0 Å². The smallest absolute Gasteiger partial charge is 0.406 e. The molecular weight excluding hydrogens is 271 g/mol. The first-order valence-electron chi connectivity index (χ1n) is 6.50. The lowest BCUT2D eigenvalue weighted by Gasteiger charge is -2.37. The molecule has 0 atom stereocenters. The van der Waals surface area contributed by atoms with E-state index in [1.54, 1.807) is 30.3 Å². The molecule has 0 unspecified atom stereocenters. The van der Waals surface area contributed by atoms with Gasteiger partial charge in [0.2, 0.25) is 0 Å². The van der Waals surface area contributed by atoms with Crippen LogP contribution in [0.4, 0.5) is 13.2 Å². The van der Waals surface area contributed by atoms with E-state index in [1.165, 1.54) is 0 Å². The first-order valence-corrected chi connectivity index (χ1v) is 6.50. The predicted molar refractivity (Wildman–Crippen MR) is 67.3 cm³/mol. The molecule has 1 saturated carbocycles. The lowest BCUT2D eigenvalue weighted by atomic mass is 9.91. The number of nitrogens with zero attached hydrogens (tertiary/aromatic N) is 1. The number of rotatable bonds is 5. The molecule has 0 radical (unpaired) electrons. The first-order chi connectivity index (χ1) is 9.46. The maximum atomic E-state index is 12.5. The van der Waals surface area contributed by atoms with E-state index in [4.69, 9.17) is 4.74 Å². The second kappa shape index (κ2) is 6.15. The fraction of sp³-hybridized carbons (Fsp3) is 0.500. The second-order valence-electron chi connectivity index (χ2n) is 4.82. The molecule has 3 nitrogen and oxygen atoms in total. The Morgan fingerprint density at radius 3 is 2.40 bits per heavy atom. The average molecular weight is 287 g/mol. The minimum Gasteiger partial charge on any atom is -0.484 e. The third-order valence-electron chi connectivity index (χ3n) is 3.29. The molecule has 1 aliphatic rings. The van der Waals surface area contributed by atoms with Gasteiger partial charge in [-0.3, -0.25) is 4.79 Å². The molecule has 0 heterocycles. The molecule has 0 N–H and O–H groups in total. The van der Waals surface area contributed by atoms with Crippen molar-refractivity contribution in [2.24, 2.45) is 0 Å². The molecule has 0 bridgehead atoms. The summed E-state index contributed by atoms with van der Waals surface area (Å²) in [5.74, 6) is -0.141. The molecule has 0 saturated heterocycles. The van der Waals surface area contributed by atoms with Gasteiger partial charge in [0.25, 0.3) is 5.91 Å². The third-order valence-corrected chi connectivity index (χ3v) is 3.29. The number of carbonyl (C=O) groups is 1. The topological polar surface area (TPSA) is 29.5 Å².